The molecule has 3 heterocycles. The molecule has 2 saturated heterocycles. The number of aliphatic hydroxyl groups excluding tert-OH is 3. The number of methoxy groups -OCH3 is 2. The fourth-order valence-electron chi connectivity index (χ4n) is 7.54. The molecule has 3 aliphatic rings. The summed E-state index contributed by atoms with van der Waals surface area (Å²) in [5.74, 6) is -2.29. The summed E-state index contributed by atoms with van der Waals surface area (Å²) in [5.41, 5.74) is 0.771. The number of likely N-dealkylation sites (N-methyl/N-ethyl adjacent to an activating group) is 1. The standard InChI is InChI=1S/C38H65NO12/c1-12-30-26(19-47-38-36(46-11)35(45-10)32(43)25(7)49-38)15-20(2)13-14-28(40)21(3)16-22(4)34(24(6)29(41)18-31(42)50-30)51-37-33(44)27(39(8)9)17-23(5)48-37/h13-15,21-27,29-30,32-38,41,43-44H,12,16-19H2,1-11H3/b14-13+,20-15+/t21-,22+,23-,24+,25-,26-,27+,29+,30-,32-,33-,34+,35-,36-,37+,38-/m1/s1. The fourth-order valence-corrected chi connectivity index (χ4v) is 7.54. The highest BCUT2D eigenvalue weighted by Gasteiger charge is 2.46. The van der Waals surface area contributed by atoms with E-state index >= 15 is 0 Å². The van der Waals surface area contributed by atoms with Crippen LogP contribution in [-0.2, 0) is 42.7 Å². The maximum absolute atomic E-state index is 13.5. The van der Waals surface area contributed by atoms with E-state index in [1.54, 1.807) is 26.0 Å². The van der Waals surface area contributed by atoms with Crippen molar-refractivity contribution in [3.8, 4) is 0 Å². The summed E-state index contributed by atoms with van der Waals surface area (Å²) in [6.45, 7) is 13.1. The topological polar surface area (TPSA) is 163 Å². The molecule has 0 aromatic rings. The number of allylic oxidation sites excluding steroid dienone is 3. The quantitative estimate of drug-likeness (QED) is 0.298. The van der Waals surface area contributed by atoms with Crippen LogP contribution in [0.25, 0.3) is 0 Å². The molecular formula is C38H65NO12. The second kappa shape index (κ2) is 20.1. The summed E-state index contributed by atoms with van der Waals surface area (Å²) < 4.78 is 41.9. The molecule has 0 radical (unpaired) electrons. The number of carbonyl (C=O) groups is 2. The maximum atomic E-state index is 13.5. The van der Waals surface area contributed by atoms with Gasteiger partial charge >= 0.3 is 5.97 Å². The third kappa shape index (κ3) is 11.6. The van der Waals surface area contributed by atoms with Gasteiger partial charge < -0.3 is 53.4 Å². The molecule has 13 nitrogen and oxygen atoms in total. The molecule has 2 fully saturated rings. The fraction of sp³-hybridized carbons (Fsp3) is 0.842. The lowest BCUT2D eigenvalue weighted by atomic mass is 9.82. The van der Waals surface area contributed by atoms with Gasteiger partial charge in [0.25, 0.3) is 0 Å². The first-order valence-corrected chi connectivity index (χ1v) is 18.5. The summed E-state index contributed by atoms with van der Waals surface area (Å²) in [5, 5.41) is 33.3. The van der Waals surface area contributed by atoms with E-state index in [0.29, 0.717) is 19.3 Å². The Kier molecular flexibility index (Phi) is 17.2. The first-order chi connectivity index (χ1) is 24.0. The number of carbonyl (C=O) groups excluding carboxylic acids is 2. The van der Waals surface area contributed by atoms with Gasteiger partial charge in [-0.2, -0.15) is 0 Å². The Morgan fingerprint density at radius 2 is 1.55 bits per heavy atom. The van der Waals surface area contributed by atoms with Gasteiger partial charge in [0.05, 0.1) is 37.4 Å². The molecule has 0 aromatic carbocycles. The second-order valence-corrected chi connectivity index (χ2v) is 15.1. The Bertz CT molecular complexity index is 1160. The van der Waals surface area contributed by atoms with Crippen LogP contribution in [-0.4, -0.2) is 140 Å². The van der Waals surface area contributed by atoms with E-state index in [2.05, 4.69) is 0 Å². The highest BCUT2D eigenvalue weighted by atomic mass is 16.7. The molecule has 0 unspecified atom stereocenters. The maximum Gasteiger partial charge on any atom is 0.308 e. The Labute approximate surface area is 304 Å². The Morgan fingerprint density at radius 3 is 2.16 bits per heavy atom. The van der Waals surface area contributed by atoms with Gasteiger partial charge in [0, 0.05) is 38.0 Å². The average molecular weight is 728 g/mol. The molecule has 0 aliphatic carbocycles. The zero-order chi connectivity index (χ0) is 38.2. The van der Waals surface area contributed by atoms with Crippen LogP contribution in [0.3, 0.4) is 0 Å². The summed E-state index contributed by atoms with van der Waals surface area (Å²) in [6, 6.07) is -0.193. The number of hydrogen-bond donors (Lipinski definition) is 3. The van der Waals surface area contributed by atoms with Gasteiger partial charge in [0.15, 0.2) is 18.4 Å². The van der Waals surface area contributed by atoms with Crippen molar-refractivity contribution >= 4 is 11.8 Å². The van der Waals surface area contributed by atoms with E-state index in [4.69, 9.17) is 33.2 Å². The number of cyclic esters (lactones) is 1. The lowest BCUT2D eigenvalue weighted by molar-refractivity contribution is -0.304. The van der Waals surface area contributed by atoms with Crippen molar-refractivity contribution in [2.75, 3.05) is 34.9 Å². The second-order valence-electron chi connectivity index (χ2n) is 15.1. The minimum atomic E-state index is -1.15. The third-order valence-corrected chi connectivity index (χ3v) is 10.7. The monoisotopic (exact) mass is 727 g/mol. The molecule has 0 aromatic heterocycles. The van der Waals surface area contributed by atoms with Gasteiger partial charge in [-0.1, -0.05) is 45.4 Å². The minimum absolute atomic E-state index is 0.0631. The van der Waals surface area contributed by atoms with E-state index in [0.717, 1.165) is 5.57 Å². The molecule has 0 spiro atoms. The normalized spacial score (nSPS) is 44.1. The number of esters is 1. The van der Waals surface area contributed by atoms with Crippen molar-refractivity contribution < 1.29 is 58.1 Å². The molecular weight excluding hydrogens is 662 g/mol. The summed E-state index contributed by atoms with van der Waals surface area (Å²) >= 11 is 0. The molecule has 16 atom stereocenters. The zero-order valence-electron chi connectivity index (χ0n) is 32.5. The number of rotatable bonds is 9. The van der Waals surface area contributed by atoms with Crippen LogP contribution in [0.4, 0.5) is 0 Å². The van der Waals surface area contributed by atoms with Crippen molar-refractivity contribution in [3.05, 3.63) is 23.8 Å². The third-order valence-electron chi connectivity index (χ3n) is 10.7. The number of hydrogen-bond acceptors (Lipinski definition) is 13. The first-order valence-electron chi connectivity index (χ1n) is 18.5. The Balaban J connectivity index is 1.90. The van der Waals surface area contributed by atoms with Gasteiger partial charge in [-0.15, -0.1) is 0 Å². The number of ketones is 1. The Morgan fingerprint density at radius 1 is 0.882 bits per heavy atom. The van der Waals surface area contributed by atoms with Gasteiger partial charge in [-0.25, -0.2) is 0 Å². The molecule has 13 heteroatoms. The van der Waals surface area contributed by atoms with Crippen molar-refractivity contribution in [2.24, 2.45) is 23.7 Å². The highest BCUT2D eigenvalue weighted by molar-refractivity contribution is 5.91. The molecule has 51 heavy (non-hydrogen) atoms. The zero-order valence-corrected chi connectivity index (χ0v) is 32.5. The molecule has 3 rings (SSSR count). The largest absolute Gasteiger partial charge is 0.462 e. The molecule has 0 saturated carbocycles. The average Bonchev–Trinajstić information content (AvgIpc) is 3.08. The smallest absolute Gasteiger partial charge is 0.308 e. The van der Waals surface area contributed by atoms with Gasteiger partial charge in [0.1, 0.15) is 30.5 Å². The first kappa shape index (κ1) is 43.6. The van der Waals surface area contributed by atoms with Crippen LogP contribution in [0.15, 0.2) is 23.8 Å². The summed E-state index contributed by atoms with van der Waals surface area (Å²) in [4.78, 5) is 28.8. The van der Waals surface area contributed by atoms with Crippen LogP contribution >= 0.6 is 0 Å². The van der Waals surface area contributed by atoms with Crippen LogP contribution in [0.5, 0.6) is 0 Å². The van der Waals surface area contributed by atoms with Gasteiger partial charge in [-0.3, -0.25) is 9.59 Å². The van der Waals surface area contributed by atoms with Crippen LogP contribution in [0.2, 0.25) is 0 Å². The summed E-state index contributed by atoms with van der Waals surface area (Å²) in [6.07, 6.45) is -1.84. The van der Waals surface area contributed by atoms with Crippen LogP contribution in [0, 0.1) is 23.7 Å². The number of aliphatic hydroxyl groups is 3. The minimum Gasteiger partial charge on any atom is -0.462 e. The number of nitrogens with zero attached hydrogens (tertiary/aromatic N) is 1. The molecule has 3 N–H and O–H groups in total. The van der Waals surface area contributed by atoms with Crippen molar-refractivity contribution in [3.63, 3.8) is 0 Å². The van der Waals surface area contributed by atoms with Crippen LogP contribution in [0.1, 0.15) is 74.1 Å². The lowest BCUT2D eigenvalue weighted by Gasteiger charge is -2.44. The molecule has 3 aliphatic heterocycles. The van der Waals surface area contributed by atoms with Crippen molar-refractivity contribution in [1.82, 2.24) is 4.90 Å². The number of ether oxygens (including phenoxy) is 7. The Hall–Kier alpha value is -1.78. The molecule has 0 amide bonds. The van der Waals surface area contributed by atoms with E-state index < -0.39 is 79.2 Å². The van der Waals surface area contributed by atoms with E-state index in [1.807, 2.05) is 59.7 Å². The SMILES string of the molecule is CC[C@H]1OC(=O)C[C@H](O)[C@H](C)[C@@H](O[C@@H]2O[C@H](C)C[C@H](N(C)C)[C@H]2O)[C@@H](C)C[C@@H](C)C(=O)/C=C/C(C)=C/[C@@H]1CO[C@@H]1O[C@H](C)[C@@H](O)[C@@H](OC)[C@H]1OC. The molecule has 294 valence electrons. The predicted molar refractivity (Wildman–Crippen MR) is 189 cm³/mol. The lowest BCUT2D eigenvalue weighted by Crippen LogP contribution is -2.59. The summed E-state index contributed by atoms with van der Waals surface area (Å²) in [7, 11) is 6.78. The van der Waals surface area contributed by atoms with Crippen LogP contribution < -0.4 is 0 Å². The highest BCUT2D eigenvalue weighted by Crippen LogP contribution is 2.33. The van der Waals surface area contributed by atoms with Gasteiger partial charge in [0.2, 0.25) is 0 Å². The van der Waals surface area contributed by atoms with Gasteiger partial charge in [-0.05, 0) is 66.1 Å². The van der Waals surface area contributed by atoms with E-state index in [9.17, 15) is 24.9 Å². The van der Waals surface area contributed by atoms with Crippen molar-refractivity contribution in [1.29, 1.82) is 0 Å². The molecule has 0 bridgehead atoms. The van der Waals surface area contributed by atoms with E-state index in [-0.39, 0.29) is 42.8 Å². The predicted octanol–water partition coefficient (Wildman–Crippen LogP) is 3.02. The van der Waals surface area contributed by atoms with E-state index in [1.165, 1.54) is 14.2 Å². The van der Waals surface area contributed by atoms with Crippen molar-refractivity contribution in [2.45, 2.75) is 148 Å².